The normalized spacial score (nSPS) is 11.9. The number of amides is 1. The number of hydrogen-bond acceptors (Lipinski definition) is 4. The minimum absolute atomic E-state index is 0.0573. The van der Waals surface area contributed by atoms with Crippen LogP contribution < -0.4 is 5.32 Å². The summed E-state index contributed by atoms with van der Waals surface area (Å²) in [5.74, 6) is -1.61. The molecule has 0 aliphatic carbocycles. The number of carboxylic acids is 1. The van der Waals surface area contributed by atoms with Crippen LogP contribution in [0, 0.1) is 6.92 Å². The molecule has 0 aliphatic rings. The lowest BCUT2D eigenvalue weighted by molar-refractivity contribution is -0.146. The third-order valence-corrected chi connectivity index (χ3v) is 2.44. The third kappa shape index (κ3) is 3.74. The van der Waals surface area contributed by atoms with Gasteiger partial charge in [0.1, 0.15) is 5.75 Å². The van der Waals surface area contributed by atoms with E-state index < -0.39 is 12.1 Å². The largest absolute Gasteiger partial charge is 0.508 e. The van der Waals surface area contributed by atoms with Crippen molar-refractivity contribution in [2.24, 2.45) is 0 Å². The van der Waals surface area contributed by atoms with E-state index in [9.17, 15) is 14.7 Å². The molecule has 18 heavy (non-hydrogen) atoms. The van der Waals surface area contributed by atoms with E-state index in [1.807, 2.05) is 0 Å². The van der Waals surface area contributed by atoms with Crippen LogP contribution in [0.25, 0.3) is 0 Å². The molecule has 98 valence electrons. The summed E-state index contributed by atoms with van der Waals surface area (Å²) in [6.07, 6.45) is -1.54. The Labute approximate surface area is 104 Å². The SMILES string of the molecule is Cc1cc(O)ccc1C(=O)NCCC(O)C(=O)O. The number of carboxylic acid groups (broad SMARTS) is 1. The molecular weight excluding hydrogens is 238 g/mol. The molecule has 0 saturated heterocycles. The van der Waals surface area contributed by atoms with Gasteiger partial charge in [-0.1, -0.05) is 0 Å². The first kappa shape index (κ1) is 14.0. The summed E-state index contributed by atoms with van der Waals surface area (Å²) in [6, 6.07) is 4.34. The van der Waals surface area contributed by atoms with Crippen molar-refractivity contribution < 1.29 is 24.9 Å². The molecule has 0 aromatic heterocycles. The van der Waals surface area contributed by atoms with E-state index in [1.165, 1.54) is 18.2 Å². The lowest BCUT2D eigenvalue weighted by atomic mass is 10.1. The summed E-state index contributed by atoms with van der Waals surface area (Å²) in [6.45, 7) is 1.74. The molecule has 1 atom stereocenters. The molecule has 6 nitrogen and oxygen atoms in total. The Morgan fingerprint density at radius 1 is 1.39 bits per heavy atom. The van der Waals surface area contributed by atoms with Crippen molar-refractivity contribution in [2.75, 3.05) is 6.54 Å². The lowest BCUT2D eigenvalue weighted by Crippen LogP contribution is -2.30. The molecule has 0 radical (unpaired) electrons. The van der Waals surface area contributed by atoms with Gasteiger partial charge >= 0.3 is 5.97 Å². The van der Waals surface area contributed by atoms with Crippen molar-refractivity contribution in [3.8, 4) is 5.75 Å². The molecule has 0 saturated carbocycles. The van der Waals surface area contributed by atoms with E-state index in [0.29, 0.717) is 11.1 Å². The van der Waals surface area contributed by atoms with Crippen molar-refractivity contribution in [1.82, 2.24) is 5.32 Å². The maximum atomic E-state index is 11.7. The number of aromatic hydroxyl groups is 1. The number of carbonyl (C=O) groups is 2. The van der Waals surface area contributed by atoms with E-state index in [0.717, 1.165) is 0 Å². The van der Waals surface area contributed by atoms with Gasteiger partial charge in [0, 0.05) is 18.5 Å². The molecular formula is C12H15NO5. The van der Waals surface area contributed by atoms with Crippen molar-refractivity contribution in [3.63, 3.8) is 0 Å². The number of aryl methyl sites for hydroxylation is 1. The first-order chi connectivity index (χ1) is 8.41. The van der Waals surface area contributed by atoms with Crippen molar-refractivity contribution >= 4 is 11.9 Å². The fourth-order valence-corrected chi connectivity index (χ4v) is 1.44. The van der Waals surface area contributed by atoms with Gasteiger partial charge < -0.3 is 20.6 Å². The molecule has 0 bridgehead atoms. The number of aliphatic hydroxyl groups is 1. The zero-order valence-electron chi connectivity index (χ0n) is 9.88. The van der Waals surface area contributed by atoms with Crippen molar-refractivity contribution in [3.05, 3.63) is 29.3 Å². The Balaban J connectivity index is 2.53. The first-order valence-electron chi connectivity index (χ1n) is 5.40. The number of aliphatic carboxylic acids is 1. The molecule has 0 spiro atoms. The van der Waals surface area contributed by atoms with Crippen LogP contribution in [0.2, 0.25) is 0 Å². The fourth-order valence-electron chi connectivity index (χ4n) is 1.44. The highest BCUT2D eigenvalue weighted by Gasteiger charge is 2.14. The van der Waals surface area contributed by atoms with E-state index in [-0.39, 0.29) is 24.6 Å². The summed E-state index contributed by atoms with van der Waals surface area (Å²) < 4.78 is 0. The van der Waals surface area contributed by atoms with Gasteiger partial charge in [0.15, 0.2) is 6.10 Å². The zero-order chi connectivity index (χ0) is 13.7. The van der Waals surface area contributed by atoms with Gasteiger partial charge in [-0.2, -0.15) is 0 Å². The van der Waals surface area contributed by atoms with Crippen LogP contribution >= 0.6 is 0 Å². The summed E-state index contributed by atoms with van der Waals surface area (Å²) in [7, 11) is 0. The van der Waals surface area contributed by atoms with E-state index in [1.54, 1.807) is 6.92 Å². The first-order valence-corrected chi connectivity index (χ1v) is 5.40. The quantitative estimate of drug-likeness (QED) is 0.602. The van der Waals surface area contributed by atoms with E-state index in [2.05, 4.69) is 5.32 Å². The summed E-state index contributed by atoms with van der Waals surface area (Å²) in [5, 5.41) is 29.2. The Morgan fingerprint density at radius 3 is 2.61 bits per heavy atom. The molecule has 1 rings (SSSR count). The third-order valence-electron chi connectivity index (χ3n) is 2.44. The maximum absolute atomic E-state index is 11.7. The number of rotatable bonds is 5. The topological polar surface area (TPSA) is 107 Å². The number of carbonyl (C=O) groups excluding carboxylic acids is 1. The smallest absolute Gasteiger partial charge is 0.332 e. The van der Waals surface area contributed by atoms with Gasteiger partial charge in [-0.05, 0) is 30.7 Å². The minimum atomic E-state index is -1.48. The average Bonchev–Trinajstić information content (AvgIpc) is 2.28. The van der Waals surface area contributed by atoms with Crippen LogP contribution in [0.1, 0.15) is 22.3 Å². The molecule has 0 fully saturated rings. The predicted molar refractivity (Wildman–Crippen MR) is 63.4 cm³/mol. The number of hydrogen-bond donors (Lipinski definition) is 4. The Hall–Kier alpha value is -2.08. The number of phenols is 1. The van der Waals surface area contributed by atoms with Crippen LogP contribution in [0.15, 0.2) is 18.2 Å². The number of benzene rings is 1. The second-order valence-electron chi connectivity index (χ2n) is 3.90. The summed E-state index contributed by atoms with van der Waals surface area (Å²) in [4.78, 5) is 22.1. The van der Waals surface area contributed by atoms with Gasteiger partial charge in [-0.3, -0.25) is 4.79 Å². The number of aliphatic hydroxyl groups excluding tert-OH is 1. The molecule has 0 aliphatic heterocycles. The Morgan fingerprint density at radius 2 is 2.06 bits per heavy atom. The van der Waals surface area contributed by atoms with E-state index >= 15 is 0 Å². The highest BCUT2D eigenvalue weighted by molar-refractivity contribution is 5.95. The van der Waals surface area contributed by atoms with Crippen LogP contribution in [0.5, 0.6) is 5.75 Å². The van der Waals surface area contributed by atoms with Gasteiger partial charge in [-0.25, -0.2) is 4.79 Å². The molecule has 4 N–H and O–H groups in total. The maximum Gasteiger partial charge on any atom is 0.332 e. The van der Waals surface area contributed by atoms with Crippen LogP contribution in [0.4, 0.5) is 0 Å². The molecule has 1 amide bonds. The molecule has 1 aromatic rings. The summed E-state index contributed by atoms with van der Waals surface area (Å²) >= 11 is 0. The minimum Gasteiger partial charge on any atom is -0.508 e. The van der Waals surface area contributed by atoms with Crippen LogP contribution in [0.3, 0.4) is 0 Å². The zero-order valence-corrected chi connectivity index (χ0v) is 9.88. The predicted octanol–water partition coefficient (Wildman–Crippen LogP) is 0.266. The van der Waals surface area contributed by atoms with E-state index in [4.69, 9.17) is 10.2 Å². The van der Waals surface area contributed by atoms with Gasteiger partial charge in [0.2, 0.25) is 0 Å². The van der Waals surface area contributed by atoms with Crippen molar-refractivity contribution in [2.45, 2.75) is 19.4 Å². The highest BCUT2D eigenvalue weighted by atomic mass is 16.4. The van der Waals surface area contributed by atoms with Crippen LogP contribution in [-0.2, 0) is 4.79 Å². The second kappa shape index (κ2) is 6.02. The van der Waals surface area contributed by atoms with Crippen molar-refractivity contribution in [1.29, 1.82) is 0 Å². The standard InChI is InChI=1S/C12H15NO5/c1-7-6-8(14)2-3-9(7)11(16)13-5-4-10(15)12(17)18/h2-3,6,10,14-15H,4-5H2,1H3,(H,13,16)(H,17,18). The molecule has 1 unspecified atom stereocenters. The lowest BCUT2D eigenvalue weighted by Gasteiger charge is -2.09. The average molecular weight is 253 g/mol. The highest BCUT2D eigenvalue weighted by Crippen LogP contribution is 2.15. The Bertz CT molecular complexity index is 458. The van der Waals surface area contributed by atoms with Crippen LogP contribution in [-0.4, -0.2) is 39.8 Å². The van der Waals surface area contributed by atoms with Gasteiger partial charge in [-0.15, -0.1) is 0 Å². The monoisotopic (exact) mass is 253 g/mol. The van der Waals surface area contributed by atoms with Gasteiger partial charge in [0.05, 0.1) is 0 Å². The number of nitrogens with one attached hydrogen (secondary N) is 1. The van der Waals surface area contributed by atoms with Gasteiger partial charge in [0.25, 0.3) is 5.91 Å². The fraction of sp³-hybridized carbons (Fsp3) is 0.333. The Kier molecular flexibility index (Phi) is 4.67. The number of phenolic OH excluding ortho intramolecular Hbond substituents is 1. The molecule has 0 heterocycles. The molecule has 1 aromatic carbocycles. The second-order valence-corrected chi connectivity index (χ2v) is 3.90. The summed E-state index contributed by atoms with van der Waals surface area (Å²) in [5.41, 5.74) is 1.02. The molecule has 6 heteroatoms.